The summed E-state index contributed by atoms with van der Waals surface area (Å²) in [5, 5.41) is 0. The molecule has 0 unspecified atom stereocenters. The van der Waals surface area contributed by atoms with Gasteiger partial charge in [0.05, 0.1) is 0 Å². The van der Waals surface area contributed by atoms with E-state index in [1.54, 1.807) is 0 Å². The average Bonchev–Trinajstić information content (AvgIpc) is 1.76. The molecular formula is C3H5N2-. The summed E-state index contributed by atoms with van der Waals surface area (Å²) in [6, 6.07) is 0. The predicted molar refractivity (Wildman–Crippen MR) is 20.5 cm³/mol. The Morgan fingerprint density at radius 3 is 3.00 bits per heavy atom. The highest BCUT2D eigenvalue weighted by molar-refractivity contribution is 5.00. The summed E-state index contributed by atoms with van der Waals surface area (Å²) in [4.78, 5) is 0. The van der Waals surface area contributed by atoms with Gasteiger partial charge in [0.1, 0.15) is 0 Å². The molecular weight excluding hydrogens is 64.0 g/mol. The maximum atomic E-state index is 3.72. The van der Waals surface area contributed by atoms with Crippen LogP contribution in [0.25, 0.3) is 5.43 Å². The Hall–Kier alpha value is -0.500. The molecule has 1 N–H and O–H groups in total. The maximum Gasteiger partial charge on any atom is -0.0264 e. The first kappa shape index (κ1) is 2.72. The van der Waals surface area contributed by atoms with Crippen molar-refractivity contribution in [2.24, 2.45) is 0 Å². The molecule has 1 aliphatic heterocycles. The minimum absolute atomic E-state index is 0.833. The van der Waals surface area contributed by atoms with Gasteiger partial charge in [-0.2, -0.15) is 0 Å². The molecule has 0 saturated heterocycles. The molecule has 0 atom stereocenters. The highest BCUT2D eigenvalue weighted by atomic mass is 15.4. The molecule has 2 heteroatoms. The molecule has 0 radical (unpaired) electrons. The second-order valence-corrected chi connectivity index (χ2v) is 0.872. The number of hydrogen-bond donors (Lipinski definition) is 1. The van der Waals surface area contributed by atoms with Gasteiger partial charge in [-0.1, -0.05) is 6.08 Å². The van der Waals surface area contributed by atoms with Crippen LogP contribution in [-0.4, -0.2) is 6.54 Å². The number of nitrogens with one attached hydrogen (secondary N) is 1. The van der Waals surface area contributed by atoms with Crippen molar-refractivity contribution in [2.45, 2.75) is 0 Å². The first-order valence-corrected chi connectivity index (χ1v) is 1.57. The molecule has 0 fully saturated rings. The maximum absolute atomic E-state index is 3.72. The van der Waals surface area contributed by atoms with Crippen LogP contribution in [0, 0.1) is 0 Å². The number of rotatable bonds is 0. The largest absolute Gasteiger partial charge is 0.568 e. The van der Waals surface area contributed by atoms with Gasteiger partial charge in [-0.25, -0.2) is 0 Å². The van der Waals surface area contributed by atoms with E-state index in [0.717, 1.165) is 6.54 Å². The van der Waals surface area contributed by atoms with Crippen molar-refractivity contribution in [1.82, 2.24) is 5.43 Å². The molecule has 0 amide bonds. The molecule has 28 valence electrons. The van der Waals surface area contributed by atoms with E-state index in [4.69, 9.17) is 0 Å². The standard InChI is InChI=1S/C3H5N2/c1-2-4-5-3-1/h1-2,4H,3H2/q-1. The lowest BCUT2D eigenvalue weighted by molar-refractivity contribution is 1.13. The number of nitrogens with zero attached hydrogens (tertiary/aromatic N) is 1. The van der Waals surface area contributed by atoms with Gasteiger partial charge in [-0.05, 0) is 6.20 Å². The summed E-state index contributed by atoms with van der Waals surface area (Å²) in [6.07, 6.45) is 3.78. The molecule has 0 aromatic rings. The Morgan fingerprint density at radius 2 is 2.80 bits per heavy atom. The van der Waals surface area contributed by atoms with Crippen molar-refractivity contribution >= 4 is 0 Å². The minimum Gasteiger partial charge on any atom is -0.568 e. The van der Waals surface area contributed by atoms with E-state index in [2.05, 4.69) is 10.9 Å². The molecule has 5 heavy (non-hydrogen) atoms. The number of hydrogen-bond acceptors (Lipinski definition) is 1. The molecule has 1 rings (SSSR count). The lowest BCUT2D eigenvalue weighted by Crippen LogP contribution is -1.86. The van der Waals surface area contributed by atoms with Gasteiger partial charge >= 0.3 is 0 Å². The molecule has 0 aromatic carbocycles. The second-order valence-electron chi connectivity index (χ2n) is 0.872. The van der Waals surface area contributed by atoms with E-state index in [-0.39, 0.29) is 0 Å². The molecule has 0 bridgehead atoms. The fraction of sp³-hybridized carbons (Fsp3) is 0.333. The average molecular weight is 69.1 g/mol. The Labute approximate surface area is 30.8 Å². The van der Waals surface area contributed by atoms with E-state index in [9.17, 15) is 0 Å². The normalized spacial score (nSPS) is 19.2. The van der Waals surface area contributed by atoms with Crippen LogP contribution >= 0.6 is 0 Å². The van der Waals surface area contributed by atoms with Crippen LogP contribution in [0.3, 0.4) is 0 Å². The highest BCUT2D eigenvalue weighted by Crippen LogP contribution is 1.86. The highest BCUT2D eigenvalue weighted by Gasteiger charge is 1.64. The SMILES string of the molecule is C1=CN[N-]C1. The zero-order valence-electron chi connectivity index (χ0n) is 2.81. The third kappa shape index (κ3) is 0.389. The van der Waals surface area contributed by atoms with Gasteiger partial charge in [0, 0.05) is 0 Å². The third-order valence-corrected chi connectivity index (χ3v) is 0.480. The zero-order valence-corrected chi connectivity index (χ0v) is 2.81. The van der Waals surface area contributed by atoms with Crippen LogP contribution in [-0.2, 0) is 0 Å². The van der Waals surface area contributed by atoms with Gasteiger partial charge in [0.2, 0.25) is 0 Å². The van der Waals surface area contributed by atoms with Crippen molar-refractivity contribution in [3.05, 3.63) is 17.7 Å². The summed E-state index contributed by atoms with van der Waals surface area (Å²) in [5.41, 5.74) is 6.39. The van der Waals surface area contributed by atoms with Crippen LogP contribution in [0.1, 0.15) is 0 Å². The predicted octanol–water partition coefficient (Wildman–Crippen LogP) is 0.392. The quantitative estimate of drug-likeness (QED) is 0.437. The lowest BCUT2D eigenvalue weighted by Gasteiger charge is -2.05. The van der Waals surface area contributed by atoms with Crippen LogP contribution < -0.4 is 5.43 Å². The fourth-order valence-electron chi connectivity index (χ4n) is 0.264. The third-order valence-electron chi connectivity index (χ3n) is 0.480. The summed E-state index contributed by atoms with van der Waals surface area (Å²) >= 11 is 0. The fourth-order valence-corrected chi connectivity index (χ4v) is 0.264. The Balaban J connectivity index is 2.32. The summed E-state index contributed by atoms with van der Waals surface area (Å²) < 4.78 is 0. The molecule has 0 aliphatic carbocycles. The topological polar surface area (TPSA) is 26.1 Å². The minimum atomic E-state index is 0.833. The molecule has 2 nitrogen and oxygen atoms in total. The first-order valence-electron chi connectivity index (χ1n) is 1.57. The van der Waals surface area contributed by atoms with Crippen molar-refractivity contribution in [1.29, 1.82) is 0 Å². The van der Waals surface area contributed by atoms with Crippen molar-refractivity contribution in [3.63, 3.8) is 0 Å². The van der Waals surface area contributed by atoms with Gasteiger partial charge in [-0.15, -0.1) is 6.54 Å². The molecule has 1 heterocycles. The van der Waals surface area contributed by atoms with Crippen molar-refractivity contribution in [3.8, 4) is 0 Å². The first-order chi connectivity index (χ1) is 2.50. The monoisotopic (exact) mass is 69.0 g/mol. The Kier molecular flexibility index (Phi) is 0.588. The van der Waals surface area contributed by atoms with Crippen LogP contribution in [0.5, 0.6) is 0 Å². The van der Waals surface area contributed by atoms with Crippen LogP contribution in [0.4, 0.5) is 0 Å². The van der Waals surface area contributed by atoms with E-state index in [0.29, 0.717) is 0 Å². The zero-order chi connectivity index (χ0) is 3.54. The summed E-state index contributed by atoms with van der Waals surface area (Å²) in [5.74, 6) is 0. The molecule has 0 spiro atoms. The molecule has 0 aromatic heterocycles. The van der Waals surface area contributed by atoms with Crippen LogP contribution in [0.15, 0.2) is 12.3 Å². The van der Waals surface area contributed by atoms with Crippen molar-refractivity contribution < 1.29 is 0 Å². The summed E-state index contributed by atoms with van der Waals surface area (Å²) in [7, 11) is 0. The van der Waals surface area contributed by atoms with Gasteiger partial charge in [-0.3, -0.25) is 0 Å². The van der Waals surface area contributed by atoms with E-state index >= 15 is 0 Å². The summed E-state index contributed by atoms with van der Waals surface area (Å²) in [6.45, 7) is 0.833. The Morgan fingerprint density at radius 1 is 1.80 bits per heavy atom. The van der Waals surface area contributed by atoms with Gasteiger partial charge in [0.15, 0.2) is 0 Å². The second kappa shape index (κ2) is 1.08. The van der Waals surface area contributed by atoms with Crippen molar-refractivity contribution in [2.75, 3.05) is 6.54 Å². The van der Waals surface area contributed by atoms with Gasteiger partial charge < -0.3 is 10.9 Å². The molecule has 0 saturated carbocycles. The molecule has 1 aliphatic rings. The smallest absolute Gasteiger partial charge is 0.0264 e. The Bertz CT molecular complexity index is 42.9. The van der Waals surface area contributed by atoms with Crippen LogP contribution in [0.2, 0.25) is 0 Å². The van der Waals surface area contributed by atoms with Gasteiger partial charge in [0.25, 0.3) is 0 Å². The van der Waals surface area contributed by atoms with E-state index < -0.39 is 0 Å². The van der Waals surface area contributed by atoms with E-state index in [1.807, 2.05) is 12.3 Å². The van der Waals surface area contributed by atoms with E-state index in [1.165, 1.54) is 0 Å². The lowest BCUT2D eigenvalue weighted by atomic mass is 10.7.